The van der Waals surface area contributed by atoms with Crippen molar-refractivity contribution >= 4 is 63.5 Å². The molecule has 0 radical (unpaired) electrons. The molecule has 180 valence electrons. The second kappa shape index (κ2) is 9.88. The van der Waals surface area contributed by atoms with Crippen LogP contribution in [0.15, 0.2) is 63.9 Å². The molecular formula is C24H15ClF3NO4S2. The van der Waals surface area contributed by atoms with Crippen molar-refractivity contribution in [3.05, 3.63) is 81.4 Å². The summed E-state index contributed by atoms with van der Waals surface area (Å²) in [4.78, 5) is 26.3. The molecule has 5 nitrogen and oxygen atoms in total. The molecule has 0 aliphatic carbocycles. The van der Waals surface area contributed by atoms with Gasteiger partial charge in [-0.05, 0) is 55.5 Å². The van der Waals surface area contributed by atoms with Crippen LogP contribution in [-0.4, -0.2) is 22.8 Å². The third kappa shape index (κ3) is 5.29. The maximum atomic E-state index is 13.1. The van der Waals surface area contributed by atoms with Crippen LogP contribution in [0, 0.1) is 0 Å². The van der Waals surface area contributed by atoms with E-state index in [1.54, 1.807) is 31.2 Å². The number of amides is 1. The molecule has 1 saturated heterocycles. The zero-order valence-electron chi connectivity index (χ0n) is 17.9. The first kappa shape index (κ1) is 25.0. The number of carbonyl (C=O) groups excluding carboxylic acids is 2. The molecule has 2 heterocycles. The first-order chi connectivity index (χ1) is 16.6. The van der Waals surface area contributed by atoms with Crippen molar-refractivity contribution in [2.24, 2.45) is 0 Å². The fraction of sp³-hybridized carbons (Fsp3) is 0.125. The maximum absolute atomic E-state index is 13.1. The molecule has 0 unspecified atom stereocenters. The molecule has 2 aromatic carbocycles. The molecule has 1 amide bonds. The molecule has 35 heavy (non-hydrogen) atoms. The van der Waals surface area contributed by atoms with E-state index in [-0.39, 0.29) is 32.1 Å². The SMILES string of the molecule is CCOC(=O)c1cc(-c2ccc(/C=C3\SC(=S)N(c4cccc(C(F)(F)F)c4)C3=O)o2)ccc1Cl. The predicted molar refractivity (Wildman–Crippen MR) is 132 cm³/mol. The van der Waals surface area contributed by atoms with Crippen LogP contribution in [0.5, 0.6) is 0 Å². The van der Waals surface area contributed by atoms with E-state index >= 15 is 0 Å². The first-order valence-corrected chi connectivity index (χ1v) is 11.7. The lowest BCUT2D eigenvalue weighted by Crippen LogP contribution is -2.27. The summed E-state index contributed by atoms with van der Waals surface area (Å²) in [5, 5.41) is 0.234. The summed E-state index contributed by atoms with van der Waals surface area (Å²) < 4.78 is 50.2. The van der Waals surface area contributed by atoms with Gasteiger partial charge >= 0.3 is 12.1 Å². The van der Waals surface area contributed by atoms with E-state index in [2.05, 4.69) is 0 Å². The van der Waals surface area contributed by atoms with Crippen LogP contribution in [0.25, 0.3) is 17.4 Å². The number of thioether (sulfide) groups is 1. The van der Waals surface area contributed by atoms with Crippen LogP contribution < -0.4 is 4.90 Å². The van der Waals surface area contributed by atoms with Gasteiger partial charge in [0.05, 0.1) is 33.3 Å². The normalized spacial score (nSPS) is 15.2. The van der Waals surface area contributed by atoms with E-state index in [0.29, 0.717) is 17.1 Å². The van der Waals surface area contributed by atoms with Crippen molar-refractivity contribution in [2.75, 3.05) is 11.5 Å². The topological polar surface area (TPSA) is 59.8 Å². The number of anilines is 1. The van der Waals surface area contributed by atoms with Crippen LogP contribution in [0.4, 0.5) is 18.9 Å². The molecule has 1 fully saturated rings. The van der Waals surface area contributed by atoms with Crippen LogP contribution in [0.1, 0.15) is 28.6 Å². The Bertz CT molecular complexity index is 1370. The number of ether oxygens (including phenoxy) is 1. The van der Waals surface area contributed by atoms with Gasteiger partial charge in [0.1, 0.15) is 11.5 Å². The van der Waals surface area contributed by atoms with Crippen molar-refractivity contribution < 1.29 is 31.9 Å². The Kier molecular flexibility index (Phi) is 7.07. The summed E-state index contributed by atoms with van der Waals surface area (Å²) in [5.41, 5.74) is -0.105. The molecular weight excluding hydrogens is 523 g/mol. The van der Waals surface area contributed by atoms with Gasteiger partial charge in [0.25, 0.3) is 5.91 Å². The molecule has 1 aromatic heterocycles. The molecule has 0 atom stereocenters. The summed E-state index contributed by atoms with van der Waals surface area (Å²) in [5.74, 6) is -0.401. The van der Waals surface area contributed by atoms with E-state index in [9.17, 15) is 22.8 Å². The maximum Gasteiger partial charge on any atom is 0.416 e. The zero-order valence-corrected chi connectivity index (χ0v) is 20.3. The van der Waals surface area contributed by atoms with Crippen LogP contribution in [0.2, 0.25) is 5.02 Å². The summed E-state index contributed by atoms with van der Waals surface area (Å²) in [6, 6.07) is 12.4. The lowest BCUT2D eigenvalue weighted by molar-refractivity contribution is -0.137. The number of hydrogen-bond donors (Lipinski definition) is 0. The summed E-state index contributed by atoms with van der Waals surface area (Å²) >= 11 is 12.3. The Morgan fingerprint density at radius 1 is 1.20 bits per heavy atom. The average molecular weight is 538 g/mol. The minimum atomic E-state index is -4.55. The highest BCUT2D eigenvalue weighted by Gasteiger charge is 2.36. The number of benzene rings is 2. The standard InChI is InChI=1S/C24H15ClF3NO4S2/c1-2-32-22(31)17-10-13(6-8-18(17)25)19-9-7-16(33-19)12-20-21(30)29(23(34)35-20)15-5-3-4-14(11-15)24(26,27)28/h3-12H,2H2,1H3/b20-12-. The molecule has 0 saturated carbocycles. The lowest BCUT2D eigenvalue weighted by atomic mass is 10.1. The molecule has 0 spiro atoms. The van der Waals surface area contributed by atoms with Crippen molar-refractivity contribution in [3.63, 3.8) is 0 Å². The van der Waals surface area contributed by atoms with E-state index in [4.69, 9.17) is 33.0 Å². The fourth-order valence-corrected chi connectivity index (χ4v) is 4.74. The molecule has 0 bridgehead atoms. The number of nitrogens with zero attached hydrogens (tertiary/aromatic N) is 1. The minimum Gasteiger partial charge on any atom is -0.462 e. The van der Waals surface area contributed by atoms with Gasteiger partial charge in [-0.3, -0.25) is 9.69 Å². The number of halogens is 4. The highest BCUT2D eigenvalue weighted by atomic mass is 35.5. The molecule has 0 N–H and O–H groups in total. The van der Waals surface area contributed by atoms with Crippen LogP contribution in [-0.2, 0) is 15.7 Å². The number of hydrogen-bond acceptors (Lipinski definition) is 6. The van der Waals surface area contributed by atoms with Gasteiger partial charge < -0.3 is 9.15 Å². The Labute approximate surface area is 212 Å². The van der Waals surface area contributed by atoms with Gasteiger partial charge in [0, 0.05) is 11.6 Å². The third-order valence-corrected chi connectivity index (χ3v) is 6.50. The molecule has 1 aliphatic heterocycles. The minimum absolute atomic E-state index is 0.0264. The van der Waals surface area contributed by atoms with Crippen LogP contribution in [0.3, 0.4) is 0 Å². The van der Waals surface area contributed by atoms with E-state index < -0.39 is 23.6 Å². The number of alkyl halides is 3. The van der Waals surface area contributed by atoms with Crippen molar-refractivity contribution in [3.8, 4) is 11.3 Å². The Balaban J connectivity index is 1.59. The van der Waals surface area contributed by atoms with Gasteiger partial charge in [-0.2, -0.15) is 13.2 Å². The number of carbonyl (C=O) groups is 2. The zero-order chi connectivity index (χ0) is 25.3. The first-order valence-electron chi connectivity index (χ1n) is 10.1. The molecule has 4 rings (SSSR count). The van der Waals surface area contributed by atoms with Gasteiger partial charge in [0.15, 0.2) is 4.32 Å². The fourth-order valence-electron chi connectivity index (χ4n) is 3.27. The molecule has 3 aromatic rings. The predicted octanol–water partition coefficient (Wildman–Crippen LogP) is 7.20. The number of furan rings is 1. The largest absolute Gasteiger partial charge is 0.462 e. The number of thiocarbonyl (C=S) groups is 1. The van der Waals surface area contributed by atoms with Gasteiger partial charge in [-0.25, -0.2) is 4.79 Å². The Morgan fingerprint density at radius 3 is 2.69 bits per heavy atom. The monoisotopic (exact) mass is 537 g/mol. The highest BCUT2D eigenvalue weighted by Crippen LogP contribution is 2.39. The second-order valence-corrected chi connectivity index (χ2v) is 9.27. The second-order valence-electron chi connectivity index (χ2n) is 7.18. The Hall–Kier alpha value is -3.08. The van der Waals surface area contributed by atoms with Gasteiger partial charge in [0.2, 0.25) is 0 Å². The van der Waals surface area contributed by atoms with E-state index in [0.717, 1.165) is 28.8 Å². The molecule has 11 heteroatoms. The third-order valence-electron chi connectivity index (χ3n) is 4.87. The van der Waals surface area contributed by atoms with Gasteiger partial charge in [-0.15, -0.1) is 0 Å². The van der Waals surface area contributed by atoms with Crippen LogP contribution >= 0.6 is 35.6 Å². The summed E-state index contributed by atoms with van der Waals surface area (Å²) in [6.45, 7) is 1.88. The quantitative estimate of drug-likeness (QED) is 0.195. The lowest BCUT2D eigenvalue weighted by Gasteiger charge is -2.16. The van der Waals surface area contributed by atoms with Crippen molar-refractivity contribution in [1.29, 1.82) is 0 Å². The summed E-state index contributed by atoms with van der Waals surface area (Å²) in [7, 11) is 0. The number of esters is 1. The van der Waals surface area contributed by atoms with Crippen molar-refractivity contribution in [2.45, 2.75) is 13.1 Å². The smallest absolute Gasteiger partial charge is 0.416 e. The van der Waals surface area contributed by atoms with E-state index in [1.807, 2.05) is 0 Å². The Morgan fingerprint density at radius 2 is 1.97 bits per heavy atom. The average Bonchev–Trinajstić information content (AvgIpc) is 3.38. The number of rotatable bonds is 5. The van der Waals surface area contributed by atoms with Gasteiger partial charge in [-0.1, -0.05) is 41.6 Å². The van der Waals surface area contributed by atoms with Crippen molar-refractivity contribution in [1.82, 2.24) is 0 Å². The highest BCUT2D eigenvalue weighted by molar-refractivity contribution is 8.27. The summed E-state index contributed by atoms with van der Waals surface area (Å²) in [6.07, 6.45) is -3.09. The molecule has 1 aliphatic rings. The van der Waals surface area contributed by atoms with E-state index in [1.165, 1.54) is 24.3 Å².